The SMILES string of the molecule is CCCN1C(=O)/C(=C/c2nc3ccccc3c(=O)n2-c2ccc([N+](=O)[O-])cc2)c2cc(C)ccc21. The van der Waals surface area contributed by atoms with E-state index >= 15 is 0 Å². The molecule has 1 amide bonds. The number of fused-ring (bicyclic) bond motifs is 2. The quantitative estimate of drug-likeness (QED) is 0.237. The minimum atomic E-state index is -0.493. The van der Waals surface area contributed by atoms with Gasteiger partial charge in [-0.15, -0.1) is 0 Å². The Morgan fingerprint density at radius 2 is 1.77 bits per heavy atom. The highest BCUT2D eigenvalue weighted by Crippen LogP contribution is 2.38. The van der Waals surface area contributed by atoms with Gasteiger partial charge in [0.1, 0.15) is 5.82 Å². The molecule has 2 heterocycles. The van der Waals surface area contributed by atoms with Gasteiger partial charge in [-0.1, -0.05) is 30.7 Å². The average Bonchev–Trinajstić information content (AvgIpc) is 3.10. The van der Waals surface area contributed by atoms with Crippen molar-refractivity contribution in [2.24, 2.45) is 0 Å². The van der Waals surface area contributed by atoms with Crippen molar-refractivity contribution in [1.82, 2.24) is 9.55 Å². The molecule has 0 fully saturated rings. The largest absolute Gasteiger partial charge is 0.308 e. The monoisotopic (exact) mass is 466 g/mol. The van der Waals surface area contributed by atoms with Crippen LogP contribution in [0.4, 0.5) is 11.4 Å². The number of hydrogen-bond acceptors (Lipinski definition) is 5. The second-order valence-electron chi connectivity index (χ2n) is 8.44. The first-order valence-electron chi connectivity index (χ1n) is 11.3. The van der Waals surface area contributed by atoms with Gasteiger partial charge in [0, 0.05) is 24.2 Å². The molecule has 0 atom stereocenters. The number of carbonyl (C=O) groups excluding carboxylic acids is 1. The summed E-state index contributed by atoms with van der Waals surface area (Å²) in [4.78, 5) is 44.1. The first-order chi connectivity index (χ1) is 16.9. The molecule has 174 valence electrons. The van der Waals surface area contributed by atoms with Crippen LogP contribution in [0.3, 0.4) is 0 Å². The van der Waals surface area contributed by atoms with Crippen molar-refractivity contribution in [3.8, 4) is 5.69 Å². The third-order valence-corrected chi connectivity index (χ3v) is 6.05. The molecule has 35 heavy (non-hydrogen) atoms. The van der Waals surface area contributed by atoms with Crippen LogP contribution in [-0.4, -0.2) is 26.9 Å². The highest BCUT2D eigenvalue weighted by atomic mass is 16.6. The zero-order valence-electron chi connectivity index (χ0n) is 19.3. The smallest absolute Gasteiger partial charge is 0.269 e. The summed E-state index contributed by atoms with van der Waals surface area (Å²) >= 11 is 0. The van der Waals surface area contributed by atoms with Crippen LogP contribution in [0.5, 0.6) is 0 Å². The number of aromatic nitrogens is 2. The molecular formula is C27H22N4O4. The number of nitrogens with zero attached hydrogens (tertiary/aromatic N) is 4. The summed E-state index contributed by atoms with van der Waals surface area (Å²) in [6.45, 7) is 4.55. The molecule has 1 aliphatic rings. The number of aryl methyl sites for hydroxylation is 1. The molecule has 3 aromatic carbocycles. The second kappa shape index (κ2) is 8.64. The van der Waals surface area contributed by atoms with Crippen LogP contribution >= 0.6 is 0 Å². The van der Waals surface area contributed by atoms with Crippen molar-refractivity contribution >= 4 is 39.8 Å². The summed E-state index contributed by atoms with van der Waals surface area (Å²) in [5, 5.41) is 11.5. The number of amides is 1. The summed E-state index contributed by atoms with van der Waals surface area (Å²) in [5.74, 6) is 0.127. The van der Waals surface area contributed by atoms with Crippen molar-refractivity contribution in [2.45, 2.75) is 20.3 Å². The van der Waals surface area contributed by atoms with E-state index in [4.69, 9.17) is 4.98 Å². The first-order valence-corrected chi connectivity index (χ1v) is 11.3. The van der Waals surface area contributed by atoms with Crippen LogP contribution in [0.1, 0.15) is 30.3 Å². The van der Waals surface area contributed by atoms with E-state index < -0.39 is 4.92 Å². The molecule has 1 aromatic heterocycles. The van der Waals surface area contributed by atoms with Crippen molar-refractivity contribution < 1.29 is 9.72 Å². The Bertz CT molecular complexity index is 1590. The van der Waals surface area contributed by atoms with E-state index in [0.29, 0.717) is 28.7 Å². The molecule has 4 aromatic rings. The lowest BCUT2D eigenvalue weighted by molar-refractivity contribution is -0.384. The molecule has 8 nitrogen and oxygen atoms in total. The van der Waals surface area contributed by atoms with Gasteiger partial charge in [-0.25, -0.2) is 4.98 Å². The molecule has 0 aliphatic carbocycles. The maximum atomic E-state index is 13.6. The highest BCUT2D eigenvalue weighted by molar-refractivity contribution is 6.35. The lowest BCUT2D eigenvalue weighted by Crippen LogP contribution is -2.27. The number of nitro groups is 1. The lowest BCUT2D eigenvalue weighted by Gasteiger charge is -2.15. The van der Waals surface area contributed by atoms with E-state index in [0.717, 1.165) is 23.2 Å². The van der Waals surface area contributed by atoms with Gasteiger partial charge in [0.05, 0.1) is 32.8 Å². The maximum Gasteiger partial charge on any atom is 0.269 e. The third-order valence-electron chi connectivity index (χ3n) is 6.05. The Labute approximate surface area is 200 Å². The van der Waals surface area contributed by atoms with Gasteiger partial charge in [0.25, 0.3) is 17.2 Å². The summed E-state index contributed by atoms with van der Waals surface area (Å²) in [7, 11) is 0. The van der Waals surface area contributed by atoms with Crippen molar-refractivity contribution in [3.05, 3.63) is 104 Å². The normalized spacial score (nSPS) is 14.1. The highest BCUT2D eigenvalue weighted by Gasteiger charge is 2.32. The Kier molecular flexibility index (Phi) is 5.49. The number of rotatable bonds is 5. The number of hydrogen-bond donors (Lipinski definition) is 0. The van der Waals surface area contributed by atoms with Crippen molar-refractivity contribution in [3.63, 3.8) is 0 Å². The molecule has 1 aliphatic heterocycles. The fraction of sp³-hybridized carbons (Fsp3) is 0.148. The van der Waals surface area contributed by atoms with Crippen molar-refractivity contribution in [2.75, 3.05) is 11.4 Å². The average molecular weight is 466 g/mol. The molecule has 5 rings (SSSR count). The molecule has 0 saturated carbocycles. The van der Waals surface area contributed by atoms with Gasteiger partial charge in [0.2, 0.25) is 0 Å². The fourth-order valence-corrected chi connectivity index (χ4v) is 4.40. The van der Waals surface area contributed by atoms with Gasteiger partial charge >= 0.3 is 0 Å². The summed E-state index contributed by atoms with van der Waals surface area (Å²) in [6, 6.07) is 18.6. The zero-order valence-corrected chi connectivity index (χ0v) is 19.3. The van der Waals surface area contributed by atoms with E-state index in [1.54, 1.807) is 35.2 Å². The molecule has 0 unspecified atom stereocenters. The number of nitro benzene ring substituents is 1. The summed E-state index contributed by atoms with van der Waals surface area (Å²) < 4.78 is 1.39. The van der Waals surface area contributed by atoms with Crippen LogP contribution < -0.4 is 10.5 Å². The van der Waals surface area contributed by atoms with Gasteiger partial charge in [-0.05, 0) is 55.8 Å². The van der Waals surface area contributed by atoms with Gasteiger partial charge < -0.3 is 4.90 Å². The summed E-state index contributed by atoms with van der Waals surface area (Å²) in [6.07, 6.45) is 2.44. The molecule has 0 radical (unpaired) electrons. The summed E-state index contributed by atoms with van der Waals surface area (Å²) in [5.41, 5.74) is 3.61. The minimum Gasteiger partial charge on any atom is -0.308 e. The van der Waals surface area contributed by atoms with Crippen LogP contribution in [-0.2, 0) is 4.79 Å². The van der Waals surface area contributed by atoms with E-state index in [-0.39, 0.29) is 23.0 Å². The van der Waals surface area contributed by atoms with Crippen LogP contribution in [0.2, 0.25) is 0 Å². The molecule has 0 saturated heterocycles. The standard InChI is InChI=1S/C27H22N4O4/c1-3-14-29-24-13-8-17(2)15-21(24)22(26(29)32)16-25-28-23-7-5-4-6-20(23)27(33)30(25)18-9-11-19(12-10-18)31(34)35/h4-13,15-16H,3,14H2,1-2H3/b22-16+. The Hall–Kier alpha value is -4.59. The van der Waals surface area contributed by atoms with E-state index in [1.165, 1.54) is 28.8 Å². The van der Waals surface area contributed by atoms with Crippen LogP contribution in [0.15, 0.2) is 71.5 Å². The van der Waals surface area contributed by atoms with Gasteiger partial charge in [0.15, 0.2) is 0 Å². The second-order valence-corrected chi connectivity index (χ2v) is 8.44. The van der Waals surface area contributed by atoms with Crippen LogP contribution in [0.25, 0.3) is 28.2 Å². The van der Waals surface area contributed by atoms with Gasteiger partial charge in [-0.2, -0.15) is 0 Å². The topological polar surface area (TPSA) is 98.3 Å². The molecular weight excluding hydrogens is 444 g/mol. The number of anilines is 1. The first kappa shape index (κ1) is 22.2. The number of benzene rings is 3. The fourth-order valence-electron chi connectivity index (χ4n) is 4.40. The number of non-ortho nitro benzene ring substituents is 1. The third kappa shape index (κ3) is 3.78. The van der Waals surface area contributed by atoms with E-state index in [1.807, 2.05) is 32.0 Å². The van der Waals surface area contributed by atoms with Crippen LogP contribution in [0, 0.1) is 17.0 Å². The predicted molar refractivity (Wildman–Crippen MR) is 136 cm³/mol. The molecule has 8 heteroatoms. The Balaban J connectivity index is 1.77. The number of carbonyl (C=O) groups is 1. The van der Waals surface area contributed by atoms with Gasteiger partial charge in [-0.3, -0.25) is 24.3 Å². The molecule has 0 N–H and O–H groups in total. The molecule has 0 bridgehead atoms. The maximum absolute atomic E-state index is 13.6. The van der Waals surface area contributed by atoms with E-state index in [2.05, 4.69) is 0 Å². The Morgan fingerprint density at radius 3 is 2.49 bits per heavy atom. The zero-order chi connectivity index (χ0) is 24.7. The number of para-hydroxylation sites is 1. The Morgan fingerprint density at radius 1 is 1.03 bits per heavy atom. The van der Waals surface area contributed by atoms with E-state index in [9.17, 15) is 19.7 Å². The molecule has 0 spiro atoms. The lowest BCUT2D eigenvalue weighted by atomic mass is 10.0. The minimum absolute atomic E-state index is 0.0824. The predicted octanol–water partition coefficient (Wildman–Crippen LogP) is 4.90. The van der Waals surface area contributed by atoms with Crippen molar-refractivity contribution in [1.29, 1.82) is 0 Å².